The van der Waals surface area contributed by atoms with Crippen LogP contribution in [0.2, 0.25) is 5.02 Å². The highest BCUT2D eigenvalue weighted by Crippen LogP contribution is 2.33. The Kier molecular flexibility index (Phi) is 5.17. The van der Waals surface area contributed by atoms with Crippen LogP contribution in [0.15, 0.2) is 36.4 Å². The van der Waals surface area contributed by atoms with E-state index in [1.54, 1.807) is 0 Å². The number of ether oxygens (including phenoxy) is 1. The molecule has 5 heteroatoms. The Hall–Kier alpha value is -1.91. The van der Waals surface area contributed by atoms with E-state index < -0.39 is 0 Å². The first-order chi connectivity index (χ1) is 11.6. The molecule has 0 atom stereocenters. The largest absolute Gasteiger partial charge is 0.489 e. The molecule has 3 nitrogen and oxygen atoms in total. The summed E-state index contributed by atoms with van der Waals surface area (Å²) < 4.78 is 10.2. The summed E-state index contributed by atoms with van der Waals surface area (Å²) in [5, 5.41) is 1.43. The number of hydrogen-bond donors (Lipinski definition) is 0. The van der Waals surface area contributed by atoms with Gasteiger partial charge in [-0.3, -0.25) is 0 Å². The molecule has 0 amide bonds. The molecule has 1 heterocycles. The summed E-state index contributed by atoms with van der Waals surface area (Å²) in [4.78, 5) is 4.68. The number of rotatable bonds is 5. The number of halogens is 1. The fourth-order valence-corrected chi connectivity index (χ4v) is 3.30. The van der Waals surface area contributed by atoms with Crippen LogP contribution in [-0.4, -0.2) is 15.5 Å². The zero-order valence-electron chi connectivity index (χ0n) is 13.8. The Bertz CT molecular complexity index is 845. The molecular weight excluding hydrogens is 340 g/mol. The molecule has 123 valence electrons. The van der Waals surface area contributed by atoms with E-state index in [1.165, 1.54) is 11.5 Å². The molecule has 0 fully saturated rings. The molecule has 0 aliphatic carbocycles. The summed E-state index contributed by atoms with van der Waals surface area (Å²) in [5.41, 5.74) is 3.10. The average molecular weight is 358 g/mol. The Morgan fingerprint density at radius 1 is 1.29 bits per heavy atom. The van der Waals surface area contributed by atoms with Gasteiger partial charge < -0.3 is 4.74 Å². The molecule has 0 unspecified atom stereocenters. The molecule has 3 aromatic rings. The number of benzene rings is 2. The van der Waals surface area contributed by atoms with Crippen LogP contribution < -0.4 is 4.74 Å². The van der Waals surface area contributed by atoms with E-state index in [2.05, 4.69) is 22.3 Å². The van der Waals surface area contributed by atoms with Crippen molar-refractivity contribution in [3.8, 4) is 27.7 Å². The number of aryl methyl sites for hydroxylation is 1. The fraction of sp³-hybridized carbons (Fsp3) is 0.263. The van der Waals surface area contributed by atoms with E-state index in [1.807, 2.05) is 50.2 Å². The quantitative estimate of drug-likeness (QED) is 0.589. The summed E-state index contributed by atoms with van der Waals surface area (Å²) in [7, 11) is 0. The van der Waals surface area contributed by atoms with E-state index in [9.17, 15) is 0 Å². The SMILES string of the molecule is CCc1[c]cccc1-c1nsc(-c2ccc(OC(C)C)c(Cl)c2)n1. The standard InChI is InChI=1S/C19H18ClN2OS/c1-4-13-7-5-6-8-15(13)18-21-19(24-22-18)14-9-10-17(16(20)11-14)23-12(2)3/h5-6,8-12H,4H2,1-3H3. The maximum Gasteiger partial charge on any atom is 0.173 e. The molecule has 0 N–H and O–H groups in total. The lowest BCUT2D eigenvalue weighted by Gasteiger charge is -2.11. The van der Waals surface area contributed by atoms with Crippen LogP contribution in [0.1, 0.15) is 26.3 Å². The summed E-state index contributed by atoms with van der Waals surface area (Å²) in [6.07, 6.45) is 0.987. The first-order valence-corrected chi connectivity index (χ1v) is 9.04. The van der Waals surface area contributed by atoms with E-state index in [0.717, 1.165) is 33.9 Å². The normalized spacial score (nSPS) is 11.0. The van der Waals surface area contributed by atoms with Gasteiger partial charge in [0.25, 0.3) is 0 Å². The fourth-order valence-electron chi connectivity index (χ4n) is 2.41. The molecule has 2 aromatic carbocycles. The van der Waals surface area contributed by atoms with Crippen molar-refractivity contribution in [3.05, 3.63) is 53.1 Å². The molecule has 1 radical (unpaired) electrons. The topological polar surface area (TPSA) is 35.0 Å². The van der Waals surface area contributed by atoms with Gasteiger partial charge in [0.2, 0.25) is 0 Å². The highest BCUT2D eigenvalue weighted by Gasteiger charge is 2.13. The number of aromatic nitrogens is 2. The van der Waals surface area contributed by atoms with Crippen LogP contribution in [0.3, 0.4) is 0 Å². The average Bonchev–Trinajstić information content (AvgIpc) is 3.06. The minimum atomic E-state index is 0.0864. The predicted molar refractivity (Wildman–Crippen MR) is 99.8 cm³/mol. The third-order valence-electron chi connectivity index (χ3n) is 3.50. The van der Waals surface area contributed by atoms with Crippen LogP contribution >= 0.6 is 23.1 Å². The molecular formula is C19H18ClN2OS. The van der Waals surface area contributed by atoms with E-state index >= 15 is 0 Å². The maximum absolute atomic E-state index is 6.32. The number of hydrogen-bond acceptors (Lipinski definition) is 4. The summed E-state index contributed by atoms with van der Waals surface area (Å²) in [6.45, 7) is 6.06. The van der Waals surface area contributed by atoms with Crippen molar-refractivity contribution >= 4 is 23.1 Å². The van der Waals surface area contributed by atoms with Gasteiger partial charge in [0, 0.05) is 11.1 Å². The molecule has 0 spiro atoms. The van der Waals surface area contributed by atoms with Gasteiger partial charge in [0.15, 0.2) is 5.82 Å². The predicted octanol–water partition coefficient (Wildman–Crippen LogP) is 5.68. The second-order valence-corrected chi connectivity index (χ2v) is 6.81. The molecule has 0 saturated carbocycles. The van der Waals surface area contributed by atoms with Gasteiger partial charge in [-0.05, 0) is 61.6 Å². The first kappa shape index (κ1) is 16.9. The minimum Gasteiger partial charge on any atom is -0.489 e. The lowest BCUT2D eigenvalue weighted by Crippen LogP contribution is -2.05. The van der Waals surface area contributed by atoms with Gasteiger partial charge in [-0.2, -0.15) is 4.37 Å². The summed E-state index contributed by atoms with van der Waals surface area (Å²) in [6, 6.07) is 14.9. The van der Waals surface area contributed by atoms with E-state index in [4.69, 9.17) is 16.3 Å². The van der Waals surface area contributed by atoms with Crippen molar-refractivity contribution in [2.24, 2.45) is 0 Å². The van der Waals surface area contributed by atoms with Crippen molar-refractivity contribution < 1.29 is 4.74 Å². The molecule has 3 rings (SSSR count). The smallest absolute Gasteiger partial charge is 0.173 e. The third kappa shape index (κ3) is 3.60. The van der Waals surface area contributed by atoms with Crippen LogP contribution in [0.4, 0.5) is 0 Å². The van der Waals surface area contributed by atoms with Gasteiger partial charge in [-0.25, -0.2) is 4.98 Å². The minimum absolute atomic E-state index is 0.0864. The van der Waals surface area contributed by atoms with Gasteiger partial charge in [-0.15, -0.1) is 0 Å². The molecule has 0 aliphatic rings. The van der Waals surface area contributed by atoms with Crippen LogP contribution in [0.5, 0.6) is 5.75 Å². The lowest BCUT2D eigenvalue weighted by molar-refractivity contribution is 0.242. The van der Waals surface area contributed by atoms with Gasteiger partial charge in [0.05, 0.1) is 11.1 Å². The third-order valence-corrected chi connectivity index (χ3v) is 4.56. The van der Waals surface area contributed by atoms with Crippen molar-refractivity contribution in [1.29, 1.82) is 0 Å². The van der Waals surface area contributed by atoms with Gasteiger partial charge in [-0.1, -0.05) is 36.7 Å². The Balaban J connectivity index is 1.92. The zero-order valence-corrected chi connectivity index (χ0v) is 15.4. The Morgan fingerprint density at radius 2 is 2.12 bits per heavy atom. The first-order valence-electron chi connectivity index (χ1n) is 7.88. The molecule has 0 aliphatic heterocycles. The molecule has 0 saturated heterocycles. The number of nitrogens with zero attached hydrogens (tertiary/aromatic N) is 2. The summed E-state index contributed by atoms with van der Waals surface area (Å²) >= 11 is 7.69. The molecule has 1 aromatic heterocycles. The highest BCUT2D eigenvalue weighted by atomic mass is 35.5. The van der Waals surface area contributed by atoms with Crippen LogP contribution in [0.25, 0.3) is 22.0 Å². The highest BCUT2D eigenvalue weighted by molar-refractivity contribution is 7.09. The zero-order chi connectivity index (χ0) is 17.1. The van der Waals surface area contributed by atoms with Crippen LogP contribution in [0, 0.1) is 6.07 Å². The van der Waals surface area contributed by atoms with Crippen molar-refractivity contribution in [2.75, 3.05) is 0 Å². The van der Waals surface area contributed by atoms with Crippen molar-refractivity contribution in [2.45, 2.75) is 33.3 Å². The molecule has 24 heavy (non-hydrogen) atoms. The van der Waals surface area contributed by atoms with E-state index in [-0.39, 0.29) is 6.10 Å². The second kappa shape index (κ2) is 7.32. The van der Waals surface area contributed by atoms with Crippen molar-refractivity contribution in [3.63, 3.8) is 0 Å². The second-order valence-electron chi connectivity index (χ2n) is 5.65. The summed E-state index contributed by atoms with van der Waals surface area (Å²) in [5.74, 6) is 1.42. The Morgan fingerprint density at radius 3 is 2.83 bits per heavy atom. The lowest BCUT2D eigenvalue weighted by atomic mass is 10.1. The molecule has 0 bridgehead atoms. The Labute approximate surface area is 151 Å². The monoisotopic (exact) mass is 357 g/mol. The van der Waals surface area contributed by atoms with Gasteiger partial charge in [0.1, 0.15) is 10.8 Å². The maximum atomic E-state index is 6.32. The van der Waals surface area contributed by atoms with E-state index in [0.29, 0.717) is 10.8 Å². The van der Waals surface area contributed by atoms with Crippen molar-refractivity contribution in [1.82, 2.24) is 9.36 Å². The van der Waals surface area contributed by atoms with Crippen LogP contribution in [-0.2, 0) is 6.42 Å². The van der Waals surface area contributed by atoms with Gasteiger partial charge >= 0.3 is 0 Å².